The molecule has 16 nitrogen and oxygen atoms in total. The fourth-order valence-corrected chi connectivity index (χ4v) is 11.1. The summed E-state index contributed by atoms with van der Waals surface area (Å²) in [6.45, 7) is 2.43. The van der Waals surface area contributed by atoms with Crippen LogP contribution in [0.25, 0.3) is 0 Å². The quantitative estimate of drug-likeness (QED) is 0.0146. The normalized spacial score (nSPS) is 14.8. The van der Waals surface area contributed by atoms with Crippen LogP contribution in [0.3, 0.4) is 0 Å². The molecule has 5 unspecified atom stereocenters. The third-order valence-electron chi connectivity index (χ3n) is 15.0. The second kappa shape index (κ2) is 68.2. The molecule has 5 atom stereocenters. The first-order chi connectivity index (χ1) is 45.2. The Balaban J connectivity index is 4.52. The molecule has 0 bridgehead atoms. The molecule has 0 aliphatic heterocycles. The van der Waals surface area contributed by atoms with Gasteiger partial charge in [0.05, 0.1) is 26.4 Å². The number of hydrogen-bond acceptors (Lipinski definition) is 14. The highest BCUT2D eigenvalue weighted by Gasteiger charge is 2.29. The topological polar surface area (TPSA) is 231 Å². The van der Waals surface area contributed by atoms with E-state index in [1.807, 2.05) is 0 Å². The molecule has 0 saturated carbocycles. The Bertz CT molecular complexity index is 2130. The fourth-order valence-electron chi connectivity index (χ4n) is 9.53. The molecule has 4 N–H and O–H groups in total. The summed E-state index contributed by atoms with van der Waals surface area (Å²) >= 11 is 0. The molecule has 0 fully saturated rings. The van der Waals surface area contributed by atoms with Crippen LogP contribution in [0, 0.1) is 0 Å². The molecule has 0 aromatic carbocycles. The fraction of sp³-hybridized carbons (Fsp3) is 0.720. The van der Waals surface area contributed by atoms with Gasteiger partial charge in [-0.3, -0.25) is 32.5 Å². The Morgan fingerprint density at radius 3 is 0.903 bits per heavy atom. The van der Waals surface area contributed by atoms with Crippen molar-refractivity contribution in [3.05, 3.63) is 109 Å². The van der Waals surface area contributed by atoms with Gasteiger partial charge >= 0.3 is 33.6 Å². The lowest BCUT2D eigenvalue weighted by atomic mass is 10.0. The van der Waals surface area contributed by atoms with E-state index in [0.29, 0.717) is 19.3 Å². The van der Waals surface area contributed by atoms with Crippen molar-refractivity contribution >= 4 is 33.6 Å². The Labute approximate surface area is 564 Å². The highest BCUT2D eigenvalue weighted by atomic mass is 31.2. The molecule has 93 heavy (non-hydrogen) atoms. The maximum absolute atomic E-state index is 12.9. The molecule has 536 valence electrons. The minimum atomic E-state index is -4.93. The van der Waals surface area contributed by atoms with Crippen molar-refractivity contribution in [2.24, 2.45) is 0 Å². The number of hydrogen-bond donors (Lipinski definition) is 4. The number of ether oxygens (including phenoxy) is 3. The van der Waals surface area contributed by atoms with Crippen molar-refractivity contribution in [3.8, 4) is 0 Å². The number of rotatable bonds is 68. The summed E-state index contributed by atoms with van der Waals surface area (Å²) in [4.78, 5) is 58.4. The Hall–Kier alpha value is -3.79. The van der Waals surface area contributed by atoms with Crippen LogP contribution in [0.15, 0.2) is 109 Å². The number of esters is 3. The minimum Gasteiger partial charge on any atom is -0.463 e. The van der Waals surface area contributed by atoms with Gasteiger partial charge in [-0.15, -0.1) is 0 Å². The predicted octanol–water partition coefficient (Wildman–Crippen LogP) is 20.4. The van der Waals surface area contributed by atoms with E-state index in [1.165, 1.54) is 96.3 Å². The van der Waals surface area contributed by atoms with Crippen molar-refractivity contribution in [1.82, 2.24) is 0 Å². The van der Waals surface area contributed by atoms with Crippen LogP contribution in [0.2, 0.25) is 0 Å². The number of phosphoric acid groups is 2. The highest BCUT2D eigenvalue weighted by molar-refractivity contribution is 7.47. The first-order valence-corrected chi connectivity index (χ1v) is 39.2. The minimum absolute atomic E-state index is 0.101. The smallest absolute Gasteiger partial charge is 0.463 e. The van der Waals surface area contributed by atoms with Crippen LogP contribution in [0.5, 0.6) is 0 Å². The largest absolute Gasteiger partial charge is 0.472 e. The standard InChI is InChI=1S/C75H130O16P2/c1-4-7-10-13-16-19-22-25-27-29-30-31-32-33-34-35-36-37-38-40-42-44-46-49-52-55-58-61-73(78)85-64-70(76)65-87-92(81,82)88-66-71(77)67-89-93(83,84)90-69-72(91-75(80)63-60-57-54-51-48-43-24-21-18-15-12-9-6-3)68-86-74(79)62-59-56-53-50-47-45-41-39-28-26-23-20-17-14-11-8-5-2/h7-8,10-11,16-17,19-20,25-28,30-31,33-34,41,45,70-72,76-77H,4-6,9,12-15,18,21-24,29,32,35-40,42-44,46-69H2,1-3H3,(H,81,82)(H,83,84)/b10-7-,11-8-,19-16-,20-17-,27-25-,28-26-,31-30-,34-33-,45-41-. The van der Waals surface area contributed by atoms with Crippen LogP contribution < -0.4 is 0 Å². The van der Waals surface area contributed by atoms with E-state index in [2.05, 4.69) is 130 Å². The molecule has 0 heterocycles. The Kier molecular flexibility index (Phi) is 65.4. The number of phosphoric ester groups is 2. The number of carbonyl (C=O) groups excluding carboxylic acids is 3. The lowest BCUT2D eigenvalue weighted by Crippen LogP contribution is -2.30. The van der Waals surface area contributed by atoms with Gasteiger partial charge in [0.1, 0.15) is 25.4 Å². The molecular formula is C75H130O16P2. The summed E-state index contributed by atoms with van der Waals surface area (Å²) in [5, 5.41) is 20.6. The van der Waals surface area contributed by atoms with Gasteiger partial charge in [-0.25, -0.2) is 9.13 Å². The van der Waals surface area contributed by atoms with Gasteiger partial charge < -0.3 is 34.2 Å². The molecule has 0 aromatic rings. The van der Waals surface area contributed by atoms with Crippen molar-refractivity contribution < 1.29 is 75.8 Å². The van der Waals surface area contributed by atoms with Crippen molar-refractivity contribution in [3.63, 3.8) is 0 Å². The second-order valence-corrected chi connectivity index (χ2v) is 26.9. The van der Waals surface area contributed by atoms with Gasteiger partial charge in [-0.1, -0.05) is 278 Å². The summed E-state index contributed by atoms with van der Waals surface area (Å²) in [5.74, 6) is -1.60. The number of aliphatic hydroxyl groups excluding tert-OH is 2. The molecule has 0 spiro atoms. The van der Waals surface area contributed by atoms with Crippen LogP contribution in [-0.4, -0.2) is 95.9 Å². The number of allylic oxidation sites excluding steroid dienone is 18. The van der Waals surface area contributed by atoms with E-state index in [9.17, 15) is 43.5 Å². The lowest BCUT2D eigenvalue weighted by Gasteiger charge is -2.21. The highest BCUT2D eigenvalue weighted by Crippen LogP contribution is 2.45. The maximum atomic E-state index is 12.9. The Morgan fingerprint density at radius 1 is 0.312 bits per heavy atom. The van der Waals surface area contributed by atoms with E-state index >= 15 is 0 Å². The van der Waals surface area contributed by atoms with Crippen molar-refractivity contribution in [2.75, 3.05) is 39.6 Å². The molecule has 0 rings (SSSR count). The average Bonchev–Trinajstić information content (AvgIpc) is 2.77. The van der Waals surface area contributed by atoms with Crippen LogP contribution in [0.1, 0.15) is 290 Å². The first-order valence-electron chi connectivity index (χ1n) is 36.2. The van der Waals surface area contributed by atoms with E-state index < -0.39 is 91.5 Å². The van der Waals surface area contributed by atoms with Crippen LogP contribution >= 0.6 is 15.6 Å². The van der Waals surface area contributed by atoms with Gasteiger partial charge in [0.2, 0.25) is 0 Å². The molecule has 0 saturated heterocycles. The Morgan fingerprint density at radius 2 is 0.570 bits per heavy atom. The summed E-state index contributed by atoms with van der Waals surface area (Å²) < 4.78 is 60.9. The van der Waals surface area contributed by atoms with Crippen LogP contribution in [-0.2, 0) is 55.8 Å². The second-order valence-electron chi connectivity index (χ2n) is 24.0. The van der Waals surface area contributed by atoms with E-state index in [1.54, 1.807) is 0 Å². The average molecular weight is 1350 g/mol. The number of aliphatic hydroxyl groups is 2. The monoisotopic (exact) mass is 1350 g/mol. The molecule has 0 radical (unpaired) electrons. The van der Waals surface area contributed by atoms with Crippen molar-refractivity contribution in [2.45, 2.75) is 309 Å². The van der Waals surface area contributed by atoms with E-state index in [-0.39, 0.29) is 19.3 Å². The zero-order valence-electron chi connectivity index (χ0n) is 58.1. The molecule has 0 aliphatic carbocycles. The predicted molar refractivity (Wildman–Crippen MR) is 380 cm³/mol. The van der Waals surface area contributed by atoms with Gasteiger partial charge in [-0.2, -0.15) is 0 Å². The van der Waals surface area contributed by atoms with Gasteiger partial charge in [0.25, 0.3) is 0 Å². The van der Waals surface area contributed by atoms with Gasteiger partial charge in [0.15, 0.2) is 6.10 Å². The molecule has 0 aromatic heterocycles. The van der Waals surface area contributed by atoms with Gasteiger partial charge in [-0.05, 0) is 103 Å². The number of carbonyl (C=O) groups is 3. The SMILES string of the molecule is CC/C=C\C/C=C\C/C=C\C/C=C\C/C=C\CCCCCCCCCCCCCC(=O)OCC(O)COP(=O)(O)OCC(O)COP(=O)(O)OCC(COC(=O)CCCCCC/C=C\C/C=C\C/C=C\C/C=C\CC)OC(=O)CCCCCCCCCCCCCCC. The maximum Gasteiger partial charge on any atom is 0.472 e. The molecule has 18 heteroatoms. The van der Waals surface area contributed by atoms with Crippen molar-refractivity contribution in [1.29, 1.82) is 0 Å². The molecule has 0 amide bonds. The van der Waals surface area contributed by atoms with Gasteiger partial charge in [0, 0.05) is 19.3 Å². The summed E-state index contributed by atoms with van der Waals surface area (Å²) in [6, 6.07) is 0. The third-order valence-corrected chi connectivity index (χ3v) is 16.9. The lowest BCUT2D eigenvalue weighted by molar-refractivity contribution is -0.161. The summed E-state index contributed by atoms with van der Waals surface area (Å²) in [7, 11) is -9.78. The van der Waals surface area contributed by atoms with Crippen LogP contribution in [0.4, 0.5) is 0 Å². The molecular weight excluding hydrogens is 1220 g/mol. The zero-order valence-corrected chi connectivity index (χ0v) is 59.9. The zero-order chi connectivity index (χ0) is 68.1. The summed E-state index contributed by atoms with van der Waals surface area (Å²) in [6.07, 6.45) is 77.1. The third kappa shape index (κ3) is 69.4. The van der Waals surface area contributed by atoms with E-state index in [0.717, 1.165) is 135 Å². The van der Waals surface area contributed by atoms with E-state index in [4.69, 9.17) is 32.3 Å². The summed E-state index contributed by atoms with van der Waals surface area (Å²) in [5.41, 5.74) is 0. The number of unbranched alkanes of at least 4 members (excludes halogenated alkanes) is 27. The molecule has 0 aliphatic rings. The first kappa shape index (κ1) is 89.2.